The molecule has 2 aromatic rings. The van der Waals surface area contributed by atoms with Gasteiger partial charge in [-0.2, -0.15) is 5.10 Å². The van der Waals surface area contributed by atoms with E-state index in [-0.39, 0.29) is 12.0 Å². The molecule has 0 unspecified atom stereocenters. The van der Waals surface area contributed by atoms with Crippen molar-refractivity contribution >= 4 is 10.0 Å². The van der Waals surface area contributed by atoms with Gasteiger partial charge in [0, 0.05) is 43.6 Å². The van der Waals surface area contributed by atoms with Crippen LogP contribution in [0, 0.1) is 0 Å². The molecule has 0 atom stereocenters. The van der Waals surface area contributed by atoms with Gasteiger partial charge in [-0.3, -0.25) is 14.6 Å². The van der Waals surface area contributed by atoms with Gasteiger partial charge in [0.1, 0.15) is 5.69 Å². The summed E-state index contributed by atoms with van der Waals surface area (Å²) in [5.74, 6) is 0.210. The summed E-state index contributed by atoms with van der Waals surface area (Å²) in [6, 6.07) is 2.19. The summed E-state index contributed by atoms with van der Waals surface area (Å²) >= 11 is 0. The largest absolute Gasteiger partial charge is 0.261 e. The highest BCUT2D eigenvalue weighted by Gasteiger charge is 2.29. The van der Waals surface area contributed by atoms with Crippen LogP contribution in [0.4, 0.5) is 0 Å². The molecule has 0 saturated carbocycles. The van der Waals surface area contributed by atoms with E-state index in [0.717, 1.165) is 29.9 Å². The monoisotopic (exact) mass is 349 g/mol. The van der Waals surface area contributed by atoms with Crippen molar-refractivity contribution in [3.05, 3.63) is 30.4 Å². The fraction of sp³-hybridized carbons (Fsp3) is 0.562. The van der Waals surface area contributed by atoms with Crippen molar-refractivity contribution < 1.29 is 8.42 Å². The Morgan fingerprint density at radius 1 is 1.12 bits per heavy atom. The molecule has 24 heavy (non-hydrogen) atoms. The molecule has 0 amide bonds. The third-order valence-electron chi connectivity index (χ3n) is 4.44. The maximum absolute atomic E-state index is 11.7. The molecule has 0 radical (unpaired) electrons. The number of piperidine rings is 1. The molecule has 8 heteroatoms. The number of sulfonamides is 1. The zero-order valence-corrected chi connectivity index (χ0v) is 15.1. The highest BCUT2D eigenvalue weighted by molar-refractivity contribution is 7.88. The lowest BCUT2D eigenvalue weighted by atomic mass is 9.92. The van der Waals surface area contributed by atoms with Crippen LogP contribution in [-0.2, 0) is 10.0 Å². The SMILES string of the molecule is CC(C)n1nccc1-c1nccnc1C1CCN(S(C)(=O)=O)CC1. The van der Waals surface area contributed by atoms with Gasteiger partial charge < -0.3 is 0 Å². The zero-order valence-electron chi connectivity index (χ0n) is 14.3. The van der Waals surface area contributed by atoms with E-state index in [9.17, 15) is 8.42 Å². The van der Waals surface area contributed by atoms with Crippen molar-refractivity contribution in [2.45, 2.75) is 38.6 Å². The molecular weight excluding hydrogens is 326 g/mol. The second-order valence-electron chi connectivity index (χ2n) is 6.48. The lowest BCUT2D eigenvalue weighted by Gasteiger charge is -2.30. The summed E-state index contributed by atoms with van der Waals surface area (Å²) in [6.45, 7) is 5.22. The first kappa shape index (κ1) is 17.0. The molecule has 3 rings (SSSR count). The Labute approximate surface area is 142 Å². The summed E-state index contributed by atoms with van der Waals surface area (Å²) in [5, 5.41) is 4.38. The standard InChI is InChI=1S/C16H23N5O2S/c1-12(2)21-14(4-7-19-21)16-15(17-8-9-18-16)13-5-10-20(11-6-13)24(3,22)23/h4,7-9,12-13H,5-6,10-11H2,1-3H3. The first-order valence-corrected chi connectivity index (χ1v) is 10.0. The predicted molar refractivity (Wildman–Crippen MR) is 92.0 cm³/mol. The third kappa shape index (κ3) is 3.34. The molecule has 2 aromatic heterocycles. The van der Waals surface area contributed by atoms with Crippen molar-refractivity contribution in [1.82, 2.24) is 24.1 Å². The third-order valence-corrected chi connectivity index (χ3v) is 5.74. The number of rotatable bonds is 4. The first-order valence-electron chi connectivity index (χ1n) is 8.18. The number of hydrogen-bond donors (Lipinski definition) is 0. The van der Waals surface area contributed by atoms with Crippen LogP contribution in [0.5, 0.6) is 0 Å². The topological polar surface area (TPSA) is 81.0 Å². The number of nitrogens with zero attached hydrogens (tertiary/aromatic N) is 5. The van der Waals surface area contributed by atoms with Crippen molar-refractivity contribution in [3.63, 3.8) is 0 Å². The maximum atomic E-state index is 11.7. The maximum Gasteiger partial charge on any atom is 0.211 e. The molecule has 130 valence electrons. The Bertz CT molecular complexity index is 807. The predicted octanol–water partition coefficient (Wildman–Crippen LogP) is 2.06. The zero-order chi connectivity index (χ0) is 17.3. The van der Waals surface area contributed by atoms with Gasteiger partial charge >= 0.3 is 0 Å². The second kappa shape index (κ2) is 6.60. The molecular formula is C16H23N5O2S. The van der Waals surface area contributed by atoms with E-state index >= 15 is 0 Å². The fourth-order valence-corrected chi connectivity index (χ4v) is 4.09. The lowest BCUT2D eigenvalue weighted by molar-refractivity contribution is 0.318. The van der Waals surface area contributed by atoms with E-state index in [1.54, 1.807) is 18.6 Å². The van der Waals surface area contributed by atoms with Gasteiger partial charge in [-0.15, -0.1) is 0 Å². The minimum atomic E-state index is -3.12. The lowest BCUT2D eigenvalue weighted by Crippen LogP contribution is -2.37. The molecule has 7 nitrogen and oxygen atoms in total. The van der Waals surface area contributed by atoms with Crippen LogP contribution in [-0.4, -0.2) is 51.8 Å². The number of hydrogen-bond acceptors (Lipinski definition) is 5. The minimum Gasteiger partial charge on any atom is -0.261 e. The molecule has 0 aliphatic carbocycles. The van der Waals surface area contributed by atoms with Crippen LogP contribution in [0.25, 0.3) is 11.4 Å². The van der Waals surface area contributed by atoms with Gasteiger partial charge in [-0.25, -0.2) is 12.7 Å². The Balaban J connectivity index is 1.90. The minimum absolute atomic E-state index is 0.210. The van der Waals surface area contributed by atoms with Crippen molar-refractivity contribution in [2.75, 3.05) is 19.3 Å². The fourth-order valence-electron chi connectivity index (χ4n) is 3.22. The van der Waals surface area contributed by atoms with E-state index in [1.807, 2.05) is 10.7 Å². The van der Waals surface area contributed by atoms with Gasteiger partial charge in [-0.05, 0) is 32.8 Å². The molecule has 3 heterocycles. The molecule has 0 spiro atoms. The smallest absolute Gasteiger partial charge is 0.211 e. The van der Waals surface area contributed by atoms with E-state index in [4.69, 9.17) is 0 Å². The molecule has 0 aromatic carbocycles. The normalized spacial score (nSPS) is 17.5. The van der Waals surface area contributed by atoms with E-state index in [0.29, 0.717) is 13.1 Å². The van der Waals surface area contributed by atoms with Crippen LogP contribution in [0.15, 0.2) is 24.7 Å². The molecule has 0 bridgehead atoms. The van der Waals surface area contributed by atoms with Gasteiger partial charge in [0.25, 0.3) is 0 Å². The molecule has 1 fully saturated rings. The first-order chi connectivity index (χ1) is 11.4. The van der Waals surface area contributed by atoms with Gasteiger partial charge in [-0.1, -0.05) is 0 Å². The van der Waals surface area contributed by atoms with Crippen LogP contribution in [0.3, 0.4) is 0 Å². The summed E-state index contributed by atoms with van der Waals surface area (Å²) in [7, 11) is -3.12. The van der Waals surface area contributed by atoms with Crippen LogP contribution >= 0.6 is 0 Å². The van der Waals surface area contributed by atoms with Gasteiger partial charge in [0.2, 0.25) is 10.0 Å². The van der Waals surface area contributed by atoms with Crippen molar-refractivity contribution in [2.24, 2.45) is 0 Å². The van der Waals surface area contributed by atoms with Gasteiger partial charge in [0.05, 0.1) is 17.6 Å². The Hall–Kier alpha value is -1.80. The van der Waals surface area contributed by atoms with Gasteiger partial charge in [0.15, 0.2) is 0 Å². The van der Waals surface area contributed by atoms with E-state index in [1.165, 1.54) is 10.6 Å². The average molecular weight is 349 g/mol. The van der Waals surface area contributed by atoms with Crippen LogP contribution < -0.4 is 0 Å². The quantitative estimate of drug-likeness (QED) is 0.844. The average Bonchev–Trinajstić information content (AvgIpc) is 3.04. The van der Waals surface area contributed by atoms with E-state index < -0.39 is 10.0 Å². The summed E-state index contributed by atoms with van der Waals surface area (Å²) in [6.07, 6.45) is 7.96. The number of aromatic nitrogens is 4. The van der Waals surface area contributed by atoms with Crippen molar-refractivity contribution in [3.8, 4) is 11.4 Å². The van der Waals surface area contributed by atoms with E-state index in [2.05, 4.69) is 28.9 Å². The Kier molecular flexibility index (Phi) is 4.69. The summed E-state index contributed by atoms with van der Waals surface area (Å²) in [4.78, 5) is 9.13. The summed E-state index contributed by atoms with van der Waals surface area (Å²) < 4.78 is 26.9. The second-order valence-corrected chi connectivity index (χ2v) is 8.46. The van der Waals surface area contributed by atoms with Crippen LogP contribution in [0.1, 0.15) is 44.3 Å². The molecule has 1 aliphatic heterocycles. The highest BCUT2D eigenvalue weighted by Crippen LogP contribution is 2.33. The molecule has 1 saturated heterocycles. The summed E-state index contributed by atoms with van der Waals surface area (Å²) in [5.41, 5.74) is 2.74. The highest BCUT2D eigenvalue weighted by atomic mass is 32.2. The molecule has 1 aliphatic rings. The Morgan fingerprint density at radius 3 is 2.42 bits per heavy atom. The Morgan fingerprint density at radius 2 is 1.79 bits per heavy atom. The van der Waals surface area contributed by atoms with Crippen molar-refractivity contribution in [1.29, 1.82) is 0 Å². The van der Waals surface area contributed by atoms with Crippen LogP contribution in [0.2, 0.25) is 0 Å². The molecule has 0 N–H and O–H groups in total.